The average molecular weight is 237 g/mol. The number of aromatic nitrogens is 2. The largest absolute Gasteiger partial charge is 0.396 e. The summed E-state index contributed by atoms with van der Waals surface area (Å²) in [5.74, 6) is 1.88. The molecule has 2 rings (SSSR count). The average Bonchev–Trinajstić information content (AvgIpc) is 3.09. The van der Waals surface area contributed by atoms with E-state index in [4.69, 9.17) is 5.11 Å². The second-order valence-corrected chi connectivity index (χ2v) is 4.70. The lowest BCUT2D eigenvalue weighted by molar-refractivity contribution is 0.282. The molecule has 1 aromatic heterocycles. The second kappa shape index (κ2) is 5.31. The molecule has 0 radical (unpaired) electrons. The van der Waals surface area contributed by atoms with Gasteiger partial charge in [0.15, 0.2) is 0 Å². The van der Waals surface area contributed by atoms with Crippen LogP contribution in [0.4, 0.5) is 5.82 Å². The van der Waals surface area contributed by atoms with E-state index in [1.807, 2.05) is 6.92 Å². The van der Waals surface area contributed by atoms with E-state index in [1.54, 1.807) is 0 Å². The molecule has 1 aromatic rings. The zero-order valence-electron chi connectivity index (χ0n) is 10.1. The Labute approximate surface area is 100 Å². The highest BCUT2D eigenvalue weighted by Crippen LogP contribution is 2.37. The van der Waals surface area contributed by atoms with Gasteiger partial charge in [0, 0.05) is 24.6 Å². The van der Waals surface area contributed by atoms with Crippen molar-refractivity contribution in [1.82, 2.24) is 9.97 Å². The van der Waals surface area contributed by atoms with Gasteiger partial charge in [-0.2, -0.15) is 0 Å². The van der Waals surface area contributed by atoms with Crippen LogP contribution in [0.3, 0.4) is 0 Å². The van der Waals surface area contributed by atoms with Crippen molar-refractivity contribution in [3.05, 3.63) is 22.2 Å². The number of aliphatic hydroxyl groups is 1. The highest BCUT2D eigenvalue weighted by molar-refractivity contribution is 5.34. The number of aliphatic hydroxyl groups excluding tert-OH is 1. The molecule has 1 unspecified atom stereocenters. The van der Waals surface area contributed by atoms with Crippen molar-refractivity contribution in [2.75, 3.05) is 11.9 Å². The van der Waals surface area contributed by atoms with Crippen molar-refractivity contribution in [3.63, 3.8) is 0 Å². The van der Waals surface area contributed by atoms with E-state index < -0.39 is 0 Å². The van der Waals surface area contributed by atoms with Crippen LogP contribution < -0.4 is 10.9 Å². The Bertz CT molecular complexity index is 426. The summed E-state index contributed by atoms with van der Waals surface area (Å²) in [4.78, 5) is 18.7. The number of aromatic amines is 1. The molecule has 0 saturated heterocycles. The number of hydrogen-bond donors (Lipinski definition) is 3. The minimum atomic E-state index is -0.0984. The third-order valence-electron chi connectivity index (χ3n) is 2.91. The molecule has 1 fully saturated rings. The lowest BCUT2D eigenvalue weighted by atomic mass is 10.2. The van der Waals surface area contributed by atoms with Crippen LogP contribution in [0.25, 0.3) is 0 Å². The first-order valence-corrected chi connectivity index (χ1v) is 6.17. The van der Waals surface area contributed by atoms with Crippen LogP contribution >= 0.6 is 0 Å². The Morgan fingerprint density at radius 1 is 1.65 bits per heavy atom. The number of nitrogens with one attached hydrogen (secondary N) is 2. The summed E-state index contributed by atoms with van der Waals surface area (Å²) in [6.45, 7) is 2.22. The molecular weight excluding hydrogens is 218 g/mol. The first-order chi connectivity index (χ1) is 8.19. The lowest BCUT2D eigenvalue weighted by Crippen LogP contribution is -2.20. The van der Waals surface area contributed by atoms with Crippen LogP contribution in [0.2, 0.25) is 0 Å². The van der Waals surface area contributed by atoms with Gasteiger partial charge in [-0.15, -0.1) is 0 Å². The molecule has 0 amide bonds. The van der Waals surface area contributed by atoms with Gasteiger partial charge in [0.25, 0.3) is 5.56 Å². The molecule has 0 spiro atoms. The molecular formula is C12H19N3O2. The SMILES string of the molecule is CC(CCCO)Nc1cc(=O)[nH]c(C2CC2)n1. The van der Waals surface area contributed by atoms with Crippen molar-refractivity contribution < 1.29 is 5.11 Å². The summed E-state index contributed by atoms with van der Waals surface area (Å²) in [5, 5.41) is 12.0. The molecule has 0 aromatic carbocycles. The van der Waals surface area contributed by atoms with Gasteiger partial charge in [-0.3, -0.25) is 4.79 Å². The number of nitrogens with zero attached hydrogens (tertiary/aromatic N) is 1. The molecule has 1 aliphatic rings. The van der Waals surface area contributed by atoms with Crippen LogP contribution in [0.1, 0.15) is 44.3 Å². The third-order valence-corrected chi connectivity index (χ3v) is 2.91. The minimum Gasteiger partial charge on any atom is -0.396 e. The van der Waals surface area contributed by atoms with E-state index in [1.165, 1.54) is 6.07 Å². The van der Waals surface area contributed by atoms with Crippen molar-refractivity contribution in [1.29, 1.82) is 0 Å². The zero-order chi connectivity index (χ0) is 12.3. The molecule has 1 saturated carbocycles. The maximum atomic E-state index is 11.5. The van der Waals surface area contributed by atoms with Gasteiger partial charge in [-0.1, -0.05) is 0 Å². The van der Waals surface area contributed by atoms with E-state index in [-0.39, 0.29) is 18.2 Å². The molecule has 1 aliphatic carbocycles. The van der Waals surface area contributed by atoms with Crippen LogP contribution in [0.15, 0.2) is 10.9 Å². The Morgan fingerprint density at radius 2 is 2.41 bits per heavy atom. The molecule has 5 nitrogen and oxygen atoms in total. The molecule has 1 atom stereocenters. The Balaban J connectivity index is 2.02. The van der Waals surface area contributed by atoms with Crippen molar-refractivity contribution >= 4 is 5.82 Å². The summed E-state index contributed by atoms with van der Waals surface area (Å²) in [6.07, 6.45) is 3.86. The van der Waals surface area contributed by atoms with Gasteiger partial charge in [-0.05, 0) is 32.6 Å². The Kier molecular flexibility index (Phi) is 3.78. The molecule has 5 heteroatoms. The number of anilines is 1. The zero-order valence-corrected chi connectivity index (χ0v) is 10.1. The normalized spacial score (nSPS) is 16.8. The molecule has 0 bridgehead atoms. The fourth-order valence-corrected chi connectivity index (χ4v) is 1.82. The molecule has 0 aliphatic heterocycles. The van der Waals surface area contributed by atoms with E-state index in [0.717, 1.165) is 31.5 Å². The van der Waals surface area contributed by atoms with Crippen molar-refractivity contribution in [3.8, 4) is 0 Å². The van der Waals surface area contributed by atoms with Gasteiger partial charge >= 0.3 is 0 Å². The third kappa shape index (κ3) is 3.56. The predicted molar refractivity (Wildman–Crippen MR) is 66.2 cm³/mol. The van der Waals surface area contributed by atoms with Crippen LogP contribution in [0, 0.1) is 0 Å². The van der Waals surface area contributed by atoms with Crippen molar-refractivity contribution in [2.45, 2.75) is 44.6 Å². The van der Waals surface area contributed by atoms with E-state index in [0.29, 0.717) is 11.7 Å². The maximum Gasteiger partial charge on any atom is 0.252 e. The van der Waals surface area contributed by atoms with E-state index in [9.17, 15) is 4.79 Å². The molecule has 94 valence electrons. The molecule has 17 heavy (non-hydrogen) atoms. The maximum absolute atomic E-state index is 11.5. The van der Waals surface area contributed by atoms with Gasteiger partial charge in [0.1, 0.15) is 11.6 Å². The highest BCUT2D eigenvalue weighted by atomic mass is 16.2. The predicted octanol–water partition coefficient (Wildman–Crippen LogP) is 1.22. The minimum absolute atomic E-state index is 0.0984. The standard InChI is InChI=1S/C12H19N3O2/c1-8(3-2-6-16)13-10-7-11(17)15-12(14-10)9-4-5-9/h7-9,16H,2-6H2,1H3,(H2,13,14,15,17). The van der Waals surface area contributed by atoms with Gasteiger partial charge in [0.2, 0.25) is 0 Å². The van der Waals surface area contributed by atoms with Gasteiger partial charge in [0.05, 0.1) is 0 Å². The van der Waals surface area contributed by atoms with Crippen molar-refractivity contribution in [2.24, 2.45) is 0 Å². The fourth-order valence-electron chi connectivity index (χ4n) is 1.82. The van der Waals surface area contributed by atoms with Crippen LogP contribution in [-0.2, 0) is 0 Å². The van der Waals surface area contributed by atoms with Gasteiger partial charge in [-0.25, -0.2) is 4.98 Å². The topological polar surface area (TPSA) is 78.0 Å². The van der Waals surface area contributed by atoms with Crippen LogP contribution in [0.5, 0.6) is 0 Å². The monoisotopic (exact) mass is 237 g/mol. The molecule has 1 heterocycles. The highest BCUT2D eigenvalue weighted by Gasteiger charge is 2.26. The number of hydrogen-bond acceptors (Lipinski definition) is 4. The van der Waals surface area contributed by atoms with E-state index >= 15 is 0 Å². The quantitative estimate of drug-likeness (QED) is 0.695. The first kappa shape index (κ1) is 12.1. The van der Waals surface area contributed by atoms with Crippen LogP contribution in [-0.4, -0.2) is 27.7 Å². The summed E-state index contributed by atoms with van der Waals surface area (Å²) in [7, 11) is 0. The number of H-pyrrole nitrogens is 1. The fraction of sp³-hybridized carbons (Fsp3) is 0.667. The first-order valence-electron chi connectivity index (χ1n) is 6.17. The Morgan fingerprint density at radius 3 is 3.06 bits per heavy atom. The lowest BCUT2D eigenvalue weighted by Gasteiger charge is -2.14. The molecule has 3 N–H and O–H groups in total. The summed E-state index contributed by atoms with van der Waals surface area (Å²) < 4.78 is 0. The summed E-state index contributed by atoms with van der Waals surface area (Å²) in [5.41, 5.74) is -0.0984. The van der Waals surface area contributed by atoms with E-state index in [2.05, 4.69) is 15.3 Å². The van der Waals surface area contributed by atoms with Gasteiger partial charge < -0.3 is 15.4 Å². The summed E-state index contributed by atoms with van der Waals surface area (Å²) >= 11 is 0. The summed E-state index contributed by atoms with van der Waals surface area (Å²) in [6, 6.07) is 1.70. The smallest absolute Gasteiger partial charge is 0.252 e. The second-order valence-electron chi connectivity index (χ2n) is 4.70. The Hall–Kier alpha value is -1.36. The number of rotatable bonds is 6.